The second-order valence-corrected chi connectivity index (χ2v) is 9.89. The van der Waals surface area contributed by atoms with Gasteiger partial charge in [0.25, 0.3) is 0 Å². The normalized spacial score (nSPS) is 17.4. The molecule has 32 heavy (non-hydrogen) atoms. The maximum atomic E-state index is 14.4. The summed E-state index contributed by atoms with van der Waals surface area (Å²) in [5, 5.41) is 2.91. The summed E-state index contributed by atoms with van der Waals surface area (Å²) in [4.78, 5) is 12.8. The number of nitrogens with zero attached hydrogens (tertiary/aromatic N) is 1. The van der Waals surface area contributed by atoms with Crippen LogP contribution in [-0.4, -0.2) is 31.2 Å². The van der Waals surface area contributed by atoms with Crippen LogP contribution in [0.2, 0.25) is 0 Å². The summed E-state index contributed by atoms with van der Waals surface area (Å²) >= 11 is 0. The zero-order valence-corrected chi connectivity index (χ0v) is 18.6. The molecule has 3 aromatic rings. The number of amides is 1. The van der Waals surface area contributed by atoms with Crippen molar-refractivity contribution < 1.29 is 17.6 Å². The van der Waals surface area contributed by atoms with Crippen LogP contribution in [-0.2, 0) is 27.8 Å². The Bertz CT molecular complexity index is 1210. The molecular weight excluding hydrogens is 427 g/mol. The van der Waals surface area contributed by atoms with Crippen LogP contribution in [0, 0.1) is 5.82 Å². The van der Waals surface area contributed by atoms with Crippen LogP contribution in [0.5, 0.6) is 0 Å². The van der Waals surface area contributed by atoms with Crippen molar-refractivity contribution in [3.63, 3.8) is 0 Å². The predicted octanol–water partition coefficient (Wildman–Crippen LogP) is 3.86. The number of carbonyl (C=O) groups excluding carboxylic acids is 1. The molecule has 0 unspecified atom stereocenters. The number of sulfonamides is 1. The molecule has 1 aliphatic heterocycles. The maximum Gasteiger partial charge on any atom is 0.247 e. The number of nitrogens with one attached hydrogen (secondary N) is 1. The van der Waals surface area contributed by atoms with Crippen molar-refractivity contribution in [1.29, 1.82) is 0 Å². The maximum absolute atomic E-state index is 14.4. The van der Waals surface area contributed by atoms with Crippen LogP contribution in [0.25, 0.3) is 0 Å². The average molecular weight is 453 g/mol. The van der Waals surface area contributed by atoms with Crippen LogP contribution in [0.15, 0.2) is 83.8 Å². The van der Waals surface area contributed by atoms with E-state index >= 15 is 0 Å². The van der Waals surface area contributed by atoms with Crippen LogP contribution in [0.1, 0.15) is 29.5 Å². The molecular formula is C25H25FN2O3S. The molecule has 1 amide bonds. The highest BCUT2D eigenvalue weighted by molar-refractivity contribution is 7.89. The Morgan fingerprint density at radius 3 is 2.34 bits per heavy atom. The summed E-state index contributed by atoms with van der Waals surface area (Å²) in [6, 6.07) is 21.5. The van der Waals surface area contributed by atoms with Gasteiger partial charge in [0.15, 0.2) is 0 Å². The molecule has 166 valence electrons. The fourth-order valence-corrected chi connectivity index (χ4v) is 5.66. The monoisotopic (exact) mass is 452 g/mol. The van der Waals surface area contributed by atoms with Gasteiger partial charge in [-0.15, -0.1) is 0 Å². The van der Waals surface area contributed by atoms with Gasteiger partial charge in [-0.3, -0.25) is 4.79 Å². The molecule has 0 aliphatic carbocycles. The van der Waals surface area contributed by atoms with Crippen molar-refractivity contribution >= 4 is 15.9 Å². The Hall–Kier alpha value is -3.03. The van der Waals surface area contributed by atoms with Gasteiger partial charge in [0.05, 0.1) is 0 Å². The third-order valence-electron chi connectivity index (χ3n) is 5.88. The Balaban J connectivity index is 1.62. The lowest BCUT2D eigenvalue weighted by Crippen LogP contribution is -2.53. The summed E-state index contributed by atoms with van der Waals surface area (Å²) < 4.78 is 42.3. The zero-order valence-electron chi connectivity index (χ0n) is 17.7. The molecule has 0 saturated heterocycles. The van der Waals surface area contributed by atoms with Gasteiger partial charge in [-0.2, -0.15) is 4.31 Å². The van der Waals surface area contributed by atoms with Gasteiger partial charge in [-0.05, 0) is 41.2 Å². The summed E-state index contributed by atoms with van der Waals surface area (Å²) in [7, 11) is -4.22. The molecule has 3 aromatic carbocycles. The summed E-state index contributed by atoms with van der Waals surface area (Å²) in [5.74, 6) is -1.15. The smallest absolute Gasteiger partial charge is 0.247 e. The minimum absolute atomic E-state index is 0.0131. The Morgan fingerprint density at radius 1 is 1.00 bits per heavy atom. The lowest BCUT2D eigenvalue weighted by Gasteiger charge is -2.35. The van der Waals surface area contributed by atoms with Crippen molar-refractivity contribution in [1.82, 2.24) is 9.62 Å². The van der Waals surface area contributed by atoms with Crippen LogP contribution >= 0.6 is 0 Å². The van der Waals surface area contributed by atoms with Gasteiger partial charge in [-0.1, -0.05) is 73.7 Å². The van der Waals surface area contributed by atoms with Gasteiger partial charge < -0.3 is 5.32 Å². The van der Waals surface area contributed by atoms with E-state index < -0.39 is 26.8 Å². The predicted molar refractivity (Wildman–Crippen MR) is 121 cm³/mol. The van der Waals surface area contributed by atoms with Crippen molar-refractivity contribution in [3.05, 3.63) is 101 Å². The van der Waals surface area contributed by atoms with E-state index in [1.807, 2.05) is 61.5 Å². The molecule has 1 N–H and O–H groups in total. The van der Waals surface area contributed by atoms with E-state index in [9.17, 15) is 17.6 Å². The van der Waals surface area contributed by atoms with E-state index in [1.165, 1.54) is 18.2 Å². The zero-order chi connectivity index (χ0) is 22.7. The summed E-state index contributed by atoms with van der Waals surface area (Å²) in [5.41, 5.74) is 2.82. The number of hydrogen-bond acceptors (Lipinski definition) is 3. The van der Waals surface area contributed by atoms with Gasteiger partial charge in [0, 0.05) is 13.1 Å². The first-order valence-electron chi connectivity index (χ1n) is 10.5. The molecule has 0 bridgehead atoms. The van der Waals surface area contributed by atoms with Crippen molar-refractivity contribution in [2.75, 3.05) is 6.54 Å². The Morgan fingerprint density at radius 2 is 1.62 bits per heavy atom. The second kappa shape index (κ2) is 9.22. The van der Waals surface area contributed by atoms with E-state index in [-0.39, 0.29) is 24.8 Å². The highest BCUT2D eigenvalue weighted by Crippen LogP contribution is 2.30. The van der Waals surface area contributed by atoms with Gasteiger partial charge in [0.2, 0.25) is 15.9 Å². The van der Waals surface area contributed by atoms with Gasteiger partial charge in [0.1, 0.15) is 16.8 Å². The fraction of sp³-hybridized carbons (Fsp3) is 0.240. The summed E-state index contributed by atoms with van der Waals surface area (Å²) in [6.45, 7) is 2.38. The molecule has 0 saturated carbocycles. The average Bonchev–Trinajstić information content (AvgIpc) is 2.82. The number of hydrogen-bond donors (Lipinski definition) is 1. The minimum atomic E-state index is -4.22. The molecule has 5 nitrogen and oxygen atoms in total. The molecule has 7 heteroatoms. The Kier molecular flexibility index (Phi) is 6.39. The fourth-order valence-electron chi connectivity index (χ4n) is 4.03. The third-order valence-corrected chi connectivity index (χ3v) is 7.77. The molecule has 1 heterocycles. The number of rotatable bonds is 6. The van der Waals surface area contributed by atoms with Gasteiger partial charge in [-0.25, -0.2) is 12.8 Å². The molecule has 1 aliphatic rings. The van der Waals surface area contributed by atoms with E-state index in [0.29, 0.717) is 6.54 Å². The molecule has 0 radical (unpaired) electrons. The quantitative estimate of drug-likeness (QED) is 0.618. The van der Waals surface area contributed by atoms with E-state index in [0.717, 1.165) is 27.1 Å². The summed E-state index contributed by atoms with van der Waals surface area (Å²) in [6.07, 6.45) is 0.232. The largest absolute Gasteiger partial charge is 0.354 e. The van der Waals surface area contributed by atoms with Crippen LogP contribution in [0.4, 0.5) is 4.39 Å². The Labute approximate surface area is 187 Å². The van der Waals surface area contributed by atoms with Crippen LogP contribution in [0.3, 0.4) is 0 Å². The first-order valence-corrected chi connectivity index (χ1v) is 12.0. The lowest BCUT2D eigenvalue weighted by molar-refractivity contribution is -0.125. The topological polar surface area (TPSA) is 66.5 Å². The first-order chi connectivity index (χ1) is 15.4. The van der Waals surface area contributed by atoms with Crippen molar-refractivity contribution in [3.8, 4) is 0 Å². The molecule has 4 rings (SSSR count). The second-order valence-electron chi connectivity index (χ2n) is 8.03. The van der Waals surface area contributed by atoms with Crippen molar-refractivity contribution in [2.45, 2.75) is 36.7 Å². The van der Waals surface area contributed by atoms with Crippen LogP contribution < -0.4 is 5.32 Å². The SMILES string of the molecule is C[C@H](CNC(=O)[C@H]1Cc2ccccc2CN1S(=O)(=O)c1ccccc1F)c1ccccc1. The van der Waals surface area contributed by atoms with Crippen molar-refractivity contribution in [2.24, 2.45) is 0 Å². The number of halogens is 1. The third kappa shape index (κ3) is 4.45. The standard InChI is InChI=1S/C25H25FN2O3S/c1-18(19-9-3-2-4-10-19)16-27-25(29)23-15-20-11-5-6-12-21(20)17-28(23)32(30,31)24-14-8-7-13-22(24)26/h2-14,18,23H,15-17H2,1H3,(H,27,29)/t18-,23-/m1/s1. The molecule has 0 fully saturated rings. The minimum Gasteiger partial charge on any atom is -0.354 e. The van der Waals surface area contributed by atoms with E-state index in [1.54, 1.807) is 0 Å². The molecule has 2 atom stereocenters. The van der Waals surface area contributed by atoms with Gasteiger partial charge >= 0.3 is 0 Å². The lowest BCUT2D eigenvalue weighted by atomic mass is 9.95. The first kappa shape index (κ1) is 22.2. The number of carbonyl (C=O) groups is 1. The molecule has 0 spiro atoms. The number of benzene rings is 3. The number of fused-ring (bicyclic) bond motifs is 1. The highest BCUT2D eigenvalue weighted by Gasteiger charge is 2.40. The molecule has 0 aromatic heterocycles. The highest BCUT2D eigenvalue weighted by atomic mass is 32.2. The van der Waals surface area contributed by atoms with E-state index in [2.05, 4.69) is 5.32 Å². The van der Waals surface area contributed by atoms with E-state index in [4.69, 9.17) is 0 Å².